The minimum absolute atomic E-state index is 0.0785. The van der Waals surface area contributed by atoms with Gasteiger partial charge in [-0.25, -0.2) is 0 Å². The number of ether oxygens (including phenoxy) is 1. The second-order valence-electron chi connectivity index (χ2n) is 5.41. The summed E-state index contributed by atoms with van der Waals surface area (Å²) < 4.78 is 5.82. The lowest BCUT2D eigenvalue weighted by molar-refractivity contribution is -0.128. The Labute approximate surface area is 134 Å². The monoisotopic (exact) mass is 310 g/mol. The van der Waals surface area contributed by atoms with E-state index in [-0.39, 0.29) is 11.8 Å². The van der Waals surface area contributed by atoms with E-state index >= 15 is 0 Å². The van der Waals surface area contributed by atoms with Gasteiger partial charge in [-0.2, -0.15) is 0 Å². The number of carbonyl (C=O) groups is 2. The zero-order valence-electron chi connectivity index (χ0n) is 12.6. The fourth-order valence-corrected chi connectivity index (χ4v) is 2.50. The van der Waals surface area contributed by atoms with Crippen molar-refractivity contribution in [2.24, 2.45) is 0 Å². The molecule has 0 unspecified atom stereocenters. The second kappa shape index (κ2) is 6.96. The predicted octanol–water partition coefficient (Wildman–Crippen LogP) is 3.09. The van der Waals surface area contributed by atoms with E-state index in [0.29, 0.717) is 30.0 Å². The number of rotatable bonds is 4. The molecule has 23 heavy (non-hydrogen) atoms. The Hall–Kier alpha value is -2.82. The Kier molecular flexibility index (Phi) is 4.57. The summed E-state index contributed by atoms with van der Waals surface area (Å²) in [5.74, 6) is 0.960. The van der Waals surface area contributed by atoms with Gasteiger partial charge in [-0.15, -0.1) is 0 Å². The van der Waals surface area contributed by atoms with Crippen molar-refractivity contribution in [2.45, 2.75) is 25.3 Å². The Morgan fingerprint density at radius 1 is 1.09 bits per heavy atom. The van der Waals surface area contributed by atoms with Gasteiger partial charge in [0.25, 0.3) is 0 Å². The Morgan fingerprint density at radius 3 is 2.61 bits per heavy atom. The molecule has 1 aliphatic rings. The molecule has 2 N–H and O–H groups in total. The molecule has 5 heteroatoms. The van der Waals surface area contributed by atoms with E-state index in [9.17, 15) is 9.59 Å². The maximum atomic E-state index is 12.3. The van der Waals surface area contributed by atoms with E-state index in [1.165, 1.54) is 0 Å². The van der Waals surface area contributed by atoms with Crippen LogP contribution in [0, 0.1) is 0 Å². The number of benzene rings is 2. The number of hydrogen-bond acceptors (Lipinski definition) is 3. The van der Waals surface area contributed by atoms with Crippen molar-refractivity contribution in [3.63, 3.8) is 0 Å². The molecular formula is C18H18N2O3. The number of anilines is 1. The molecule has 1 atom stereocenters. The van der Waals surface area contributed by atoms with Crippen molar-refractivity contribution >= 4 is 17.5 Å². The highest BCUT2D eigenvalue weighted by molar-refractivity contribution is 5.98. The number of nitrogens with one attached hydrogen (secondary N) is 2. The normalized spacial score (nSPS) is 17.2. The van der Waals surface area contributed by atoms with Crippen LogP contribution in [-0.4, -0.2) is 17.9 Å². The van der Waals surface area contributed by atoms with Crippen molar-refractivity contribution in [3.05, 3.63) is 54.6 Å². The van der Waals surface area contributed by atoms with Crippen LogP contribution in [0.15, 0.2) is 54.6 Å². The fraction of sp³-hybridized carbons (Fsp3) is 0.222. The summed E-state index contributed by atoms with van der Waals surface area (Å²) in [5, 5.41) is 5.56. The van der Waals surface area contributed by atoms with Crippen molar-refractivity contribution in [1.29, 1.82) is 0 Å². The van der Waals surface area contributed by atoms with Crippen LogP contribution in [0.4, 0.5) is 5.69 Å². The number of hydrogen-bond donors (Lipinski definition) is 2. The first-order chi connectivity index (χ1) is 11.2. The molecule has 118 valence electrons. The molecule has 2 aromatic carbocycles. The quantitative estimate of drug-likeness (QED) is 0.912. The Bertz CT molecular complexity index is 700. The van der Waals surface area contributed by atoms with E-state index < -0.39 is 6.04 Å². The molecule has 0 aliphatic carbocycles. The highest BCUT2D eigenvalue weighted by atomic mass is 16.5. The van der Waals surface area contributed by atoms with Gasteiger partial charge in [-0.1, -0.05) is 30.3 Å². The van der Waals surface area contributed by atoms with Gasteiger partial charge in [-0.05, 0) is 37.1 Å². The zero-order valence-corrected chi connectivity index (χ0v) is 12.6. The lowest BCUT2D eigenvalue weighted by Gasteiger charge is -2.22. The molecule has 1 saturated heterocycles. The van der Waals surface area contributed by atoms with Crippen LogP contribution in [0.25, 0.3) is 0 Å². The summed E-state index contributed by atoms with van der Waals surface area (Å²) in [5.41, 5.74) is 0.584. The smallest absolute Gasteiger partial charge is 0.247 e. The number of amides is 2. The first-order valence-electron chi connectivity index (χ1n) is 7.64. The molecule has 0 radical (unpaired) electrons. The summed E-state index contributed by atoms with van der Waals surface area (Å²) >= 11 is 0. The highest BCUT2D eigenvalue weighted by Crippen LogP contribution is 2.29. The largest absolute Gasteiger partial charge is 0.455 e. The van der Waals surface area contributed by atoms with Crippen LogP contribution >= 0.6 is 0 Å². The van der Waals surface area contributed by atoms with Gasteiger partial charge in [-0.3, -0.25) is 9.59 Å². The third-order valence-corrected chi connectivity index (χ3v) is 3.66. The molecule has 0 aromatic heterocycles. The van der Waals surface area contributed by atoms with Gasteiger partial charge in [0, 0.05) is 6.42 Å². The van der Waals surface area contributed by atoms with Crippen LogP contribution in [0.3, 0.4) is 0 Å². The molecule has 1 heterocycles. The summed E-state index contributed by atoms with van der Waals surface area (Å²) in [6.45, 7) is 0. The van der Waals surface area contributed by atoms with E-state index in [1.807, 2.05) is 42.5 Å². The van der Waals surface area contributed by atoms with Crippen molar-refractivity contribution in [1.82, 2.24) is 5.32 Å². The van der Waals surface area contributed by atoms with Crippen molar-refractivity contribution in [3.8, 4) is 11.5 Å². The summed E-state index contributed by atoms with van der Waals surface area (Å²) in [4.78, 5) is 23.8. The molecule has 1 aliphatic heterocycles. The average Bonchev–Trinajstić information content (AvgIpc) is 2.57. The SMILES string of the molecule is O=C1CCC[C@H](C(=O)Nc2ccccc2Oc2ccccc2)N1. The van der Waals surface area contributed by atoms with E-state index in [0.717, 1.165) is 6.42 Å². The summed E-state index contributed by atoms with van der Waals surface area (Å²) in [6, 6.07) is 16.1. The van der Waals surface area contributed by atoms with Crippen molar-refractivity contribution < 1.29 is 14.3 Å². The maximum Gasteiger partial charge on any atom is 0.247 e. The van der Waals surface area contributed by atoms with Crippen LogP contribution < -0.4 is 15.4 Å². The lowest BCUT2D eigenvalue weighted by Crippen LogP contribution is -2.46. The van der Waals surface area contributed by atoms with Crippen LogP contribution in [0.5, 0.6) is 11.5 Å². The average molecular weight is 310 g/mol. The number of para-hydroxylation sites is 3. The standard InChI is InChI=1S/C18H18N2O3/c21-17-12-6-10-15(19-17)18(22)20-14-9-4-5-11-16(14)23-13-7-2-1-3-8-13/h1-5,7-9,11,15H,6,10,12H2,(H,19,21)(H,20,22)/t15-/m1/s1. The summed E-state index contributed by atoms with van der Waals surface area (Å²) in [7, 11) is 0. The van der Waals surface area contributed by atoms with E-state index in [1.54, 1.807) is 12.1 Å². The highest BCUT2D eigenvalue weighted by Gasteiger charge is 2.25. The minimum atomic E-state index is -0.485. The zero-order chi connectivity index (χ0) is 16.1. The molecule has 0 saturated carbocycles. The molecule has 3 rings (SSSR count). The number of piperidine rings is 1. The molecule has 2 aromatic rings. The second-order valence-corrected chi connectivity index (χ2v) is 5.41. The third-order valence-electron chi connectivity index (χ3n) is 3.66. The Morgan fingerprint density at radius 2 is 1.83 bits per heavy atom. The Balaban J connectivity index is 1.72. The van der Waals surface area contributed by atoms with Crippen LogP contribution in [0.1, 0.15) is 19.3 Å². The van der Waals surface area contributed by atoms with Gasteiger partial charge >= 0.3 is 0 Å². The van der Waals surface area contributed by atoms with Gasteiger partial charge < -0.3 is 15.4 Å². The third kappa shape index (κ3) is 3.88. The van der Waals surface area contributed by atoms with E-state index in [4.69, 9.17) is 4.74 Å². The van der Waals surface area contributed by atoms with Gasteiger partial charge in [0.1, 0.15) is 11.8 Å². The lowest BCUT2D eigenvalue weighted by atomic mass is 10.0. The predicted molar refractivity (Wildman–Crippen MR) is 87.4 cm³/mol. The first kappa shape index (κ1) is 15.1. The van der Waals surface area contributed by atoms with Crippen molar-refractivity contribution in [2.75, 3.05) is 5.32 Å². The minimum Gasteiger partial charge on any atom is -0.455 e. The maximum absolute atomic E-state index is 12.3. The van der Waals surface area contributed by atoms with Gasteiger partial charge in [0.2, 0.25) is 11.8 Å². The molecule has 0 bridgehead atoms. The topological polar surface area (TPSA) is 67.4 Å². The van der Waals surface area contributed by atoms with Crippen LogP contribution in [-0.2, 0) is 9.59 Å². The van der Waals surface area contributed by atoms with Gasteiger partial charge in [0.15, 0.2) is 5.75 Å². The van der Waals surface area contributed by atoms with Gasteiger partial charge in [0.05, 0.1) is 5.69 Å². The molecule has 2 amide bonds. The van der Waals surface area contributed by atoms with E-state index in [2.05, 4.69) is 10.6 Å². The molecule has 0 spiro atoms. The molecular weight excluding hydrogens is 292 g/mol. The number of carbonyl (C=O) groups excluding carboxylic acids is 2. The first-order valence-corrected chi connectivity index (χ1v) is 7.64. The molecule has 5 nitrogen and oxygen atoms in total. The fourth-order valence-electron chi connectivity index (χ4n) is 2.50. The molecule has 1 fully saturated rings. The van der Waals surface area contributed by atoms with Crippen LogP contribution in [0.2, 0.25) is 0 Å². The summed E-state index contributed by atoms with van der Waals surface area (Å²) in [6.07, 6.45) is 1.86.